The Morgan fingerprint density at radius 1 is 0.314 bits per heavy atom. The summed E-state index contributed by atoms with van der Waals surface area (Å²) in [7, 11) is 0. The fourth-order valence-corrected chi connectivity index (χ4v) is 7.43. The maximum Gasteiger partial charge on any atom is 0.137 e. The number of pyridine rings is 1. The molecule has 0 aliphatic rings. The van der Waals surface area contributed by atoms with E-state index in [2.05, 4.69) is 193 Å². The standard InChI is InChI=1S/C49H34N2/c1-3-16-35(17-4-1)38-20-15-21-40(34-38)51(47-28-13-14-33-50-47)39-31-29-37(30-32-39)48-43-24-9-11-26-45(43)49(46-27-12-10-25-44(46)48)42-23-8-7-22-41(42)36-18-5-2-6-19-36/h1-34H. The van der Waals surface area contributed by atoms with Crippen LogP contribution in [0.15, 0.2) is 206 Å². The molecule has 0 saturated heterocycles. The van der Waals surface area contributed by atoms with E-state index in [1.807, 2.05) is 18.3 Å². The topological polar surface area (TPSA) is 16.1 Å². The predicted molar refractivity (Wildman–Crippen MR) is 216 cm³/mol. The van der Waals surface area contributed by atoms with Crippen molar-refractivity contribution in [1.29, 1.82) is 0 Å². The molecule has 0 fully saturated rings. The quantitative estimate of drug-likeness (QED) is 0.160. The molecule has 0 saturated carbocycles. The van der Waals surface area contributed by atoms with Gasteiger partial charge < -0.3 is 0 Å². The molecule has 0 atom stereocenters. The van der Waals surface area contributed by atoms with Crippen LogP contribution in [0.25, 0.3) is 66.1 Å². The van der Waals surface area contributed by atoms with E-state index >= 15 is 0 Å². The molecule has 0 aliphatic heterocycles. The van der Waals surface area contributed by atoms with Crippen LogP contribution in [0.5, 0.6) is 0 Å². The minimum atomic E-state index is 0.868. The summed E-state index contributed by atoms with van der Waals surface area (Å²) in [5.74, 6) is 0.868. The number of fused-ring (bicyclic) bond motifs is 2. The van der Waals surface area contributed by atoms with Gasteiger partial charge in [-0.2, -0.15) is 0 Å². The van der Waals surface area contributed by atoms with Crippen LogP contribution in [0.2, 0.25) is 0 Å². The van der Waals surface area contributed by atoms with Crippen molar-refractivity contribution in [3.63, 3.8) is 0 Å². The second-order valence-corrected chi connectivity index (χ2v) is 12.7. The van der Waals surface area contributed by atoms with Gasteiger partial charge in [0, 0.05) is 17.6 Å². The monoisotopic (exact) mass is 650 g/mol. The van der Waals surface area contributed by atoms with E-state index in [9.17, 15) is 0 Å². The van der Waals surface area contributed by atoms with Gasteiger partial charge in [0.1, 0.15) is 5.82 Å². The van der Waals surface area contributed by atoms with Crippen molar-refractivity contribution >= 4 is 38.7 Å². The largest absolute Gasteiger partial charge is 0.295 e. The van der Waals surface area contributed by atoms with Crippen molar-refractivity contribution in [3.05, 3.63) is 206 Å². The molecule has 0 unspecified atom stereocenters. The minimum Gasteiger partial charge on any atom is -0.295 e. The zero-order valence-electron chi connectivity index (χ0n) is 28.0. The summed E-state index contributed by atoms with van der Waals surface area (Å²) >= 11 is 0. The van der Waals surface area contributed by atoms with Gasteiger partial charge >= 0.3 is 0 Å². The van der Waals surface area contributed by atoms with Crippen LogP contribution in [0.1, 0.15) is 0 Å². The van der Waals surface area contributed by atoms with E-state index in [1.54, 1.807) is 0 Å². The molecular formula is C49H34N2. The fourth-order valence-electron chi connectivity index (χ4n) is 7.43. The van der Waals surface area contributed by atoms with Crippen LogP contribution >= 0.6 is 0 Å². The Bertz CT molecular complexity index is 2560. The lowest BCUT2D eigenvalue weighted by atomic mass is 9.84. The third-order valence-corrected chi connectivity index (χ3v) is 9.72. The molecular weight excluding hydrogens is 617 g/mol. The summed E-state index contributed by atoms with van der Waals surface area (Å²) < 4.78 is 0. The van der Waals surface area contributed by atoms with Crippen molar-refractivity contribution in [3.8, 4) is 44.5 Å². The Morgan fingerprint density at radius 3 is 1.47 bits per heavy atom. The lowest BCUT2D eigenvalue weighted by molar-refractivity contribution is 1.18. The number of hydrogen-bond donors (Lipinski definition) is 0. The first kappa shape index (κ1) is 30.3. The minimum absolute atomic E-state index is 0.868. The van der Waals surface area contributed by atoms with Gasteiger partial charge in [-0.05, 0) is 102 Å². The SMILES string of the molecule is c1ccc(-c2cccc(N(c3ccc(-c4c5ccccc5c(-c5ccccc5-c5ccccc5)c5ccccc45)cc3)c3ccccn3)c2)cc1. The van der Waals surface area contributed by atoms with E-state index in [1.165, 1.54) is 60.5 Å². The van der Waals surface area contributed by atoms with Crippen LogP contribution < -0.4 is 4.90 Å². The third kappa shape index (κ3) is 5.63. The van der Waals surface area contributed by atoms with Gasteiger partial charge in [-0.15, -0.1) is 0 Å². The van der Waals surface area contributed by atoms with E-state index in [4.69, 9.17) is 4.98 Å². The number of anilines is 3. The van der Waals surface area contributed by atoms with Crippen molar-refractivity contribution in [2.24, 2.45) is 0 Å². The van der Waals surface area contributed by atoms with Gasteiger partial charge in [-0.25, -0.2) is 4.98 Å². The highest BCUT2D eigenvalue weighted by Gasteiger charge is 2.20. The van der Waals surface area contributed by atoms with Gasteiger partial charge in [0.05, 0.1) is 0 Å². The number of benzene rings is 8. The number of nitrogens with zero attached hydrogens (tertiary/aromatic N) is 2. The van der Waals surface area contributed by atoms with Gasteiger partial charge in [0.25, 0.3) is 0 Å². The molecule has 1 heterocycles. The summed E-state index contributed by atoms with van der Waals surface area (Å²) in [6.45, 7) is 0. The molecule has 1 aromatic heterocycles. The molecule has 0 bridgehead atoms. The molecule has 9 aromatic rings. The number of aromatic nitrogens is 1. The highest BCUT2D eigenvalue weighted by molar-refractivity contribution is 6.22. The van der Waals surface area contributed by atoms with Crippen molar-refractivity contribution in [2.45, 2.75) is 0 Å². The molecule has 240 valence electrons. The normalized spacial score (nSPS) is 11.1. The average Bonchev–Trinajstić information content (AvgIpc) is 3.21. The van der Waals surface area contributed by atoms with Gasteiger partial charge in [-0.3, -0.25) is 4.90 Å². The summed E-state index contributed by atoms with van der Waals surface area (Å²) in [6.07, 6.45) is 1.85. The number of hydrogen-bond acceptors (Lipinski definition) is 2. The molecule has 8 aromatic carbocycles. The first-order valence-electron chi connectivity index (χ1n) is 17.4. The van der Waals surface area contributed by atoms with E-state index in [0.29, 0.717) is 0 Å². The Labute approximate surface area is 298 Å². The molecule has 0 N–H and O–H groups in total. The highest BCUT2D eigenvalue weighted by atomic mass is 15.2. The molecule has 0 spiro atoms. The van der Waals surface area contributed by atoms with Crippen LogP contribution in [0.3, 0.4) is 0 Å². The second kappa shape index (κ2) is 13.3. The zero-order chi connectivity index (χ0) is 34.0. The third-order valence-electron chi connectivity index (χ3n) is 9.72. The zero-order valence-corrected chi connectivity index (χ0v) is 28.0. The summed E-state index contributed by atoms with van der Waals surface area (Å²) in [6, 6.07) is 71.5. The smallest absolute Gasteiger partial charge is 0.137 e. The second-order valence-electron chi connectivity index (χ2n) is 12.7. The van der Waals surface area contributed by atoms with Crippen LogP contribution in [0, 0.1) is 0 Å². The van der Waals surface area contributed by atoms with Crippen LogP contribution in [-0.4, -0.2) is 4.98 Å². The van der Waals surface area contributed by atoms with Crippen LogP contribution in [-0.2, 0) is 0 Å². The Balaban J connectivity index is 1.21. The molecule has 9 rings (SSSR count). The maximum atomic E-state index is 4.79. The lowest BCUT2D eigenvalue weighted by Crippen LogP contribution is -2.11. The van der Waals surface area contributed by atoms with Crippen LogP contribution in [0.4, 0.5) is 17.2 Å². The van der Waals surface area contributed by atoms with E-state index in [-0.39, 0.29) is 0 Å². The molecule has 0 aliphatic carbocycles. The van der Waals surface area contributed by atoms with Gasteiger partial charge in [0.2, 0.25) is 0 Å². The molecule has 2 nitrogen and oxygen atoms in total. The van der Waals surface area contributed by atoms with E-state index in [0.717, 1.165) is 22.8 Å². The van der Waals surface area contributed by atoms with Gasteiger partial charge in [-0.1, -0.05) is 164 Å². The number of rotatable bonds is 7. The van der Waals surface area contributed by atoms with Crippen molar-refractivity contribution < 1.29 is 0 Å². The van der Waals surface area contributed by atoms with E-state index < -0.39 is 0 Å². The Morgan fingerprint density at radius 2 is 0.843 bits per heavy atom. The fraction of sp³-hybridized carbons (Fsp3) is 0. The molecule has 2 heteroatoms. The molecule has 51 heavy (non-hydrogen) atoms. The first-order chi connectivity index (χ1) is 25.3. The van der Waals surface area contributed by atoms with Crippen molar-refractivity contribution in [2.75, 3.05) is 4.90 Å². The summed E-state index contributed by atoms with van der Waals surface area (Å²) in [4.78, 5) is 7.02. The molecule has 0 radical (unpaired) electrons. The average molecular weight is 651 g/mol. The Hall–Kier alpha value is -6.77. The first-order valence-corrected chi connectivity index (χ1v) is 17.4. The van der Waals surface area contributed by atoms with Crippen molar-refractivity contribution in [1.82, 2.24) is 4.98 Å². The molecule has 0 amide bonds. The predicted octanol–water partition coefficient (Wildman–Crippen LogP) is 13.5. The highest BCUT2D eigenvalue weighted by Crippen LogP contribution is 2.46. The summed E-state index contributed by atoms with van der Waals surface area (Å²) in [5.41, 5.74) is 11.8. The van der Waals surface area contributed by atoms with Gasteiger partial charge in [0.15, 0.2) is 0 Å². The summed E-state index contributed by atoms with van der Waals surface area (Å²) in [5, 5.41) is 4.95. The maximum absolute atomic E-state index is 4.79. The Kier molecular flexibility index (Phi) is 7.88. The lowest BCUT2D eigenvalue weighted by Gasteiger charge is -2.25.